The van der Waals surface area contributed by atoms with Crippen molar-refractivity contribution >= 4 is 17.0 Å². The minimum absolute atomic E-state index is 0.0556. The number of allylic oxidation sites excluding steroid dienone is 2. The first-order valence-electron chi connectivity index (χ1n) is 6.08. The van der Waals surface area contributed by atoms with E-state index in [1.807, 2.05) is 36.4 Å². The van der Waals surface area contributed by atoms with E-state index in [2.05, 4.69) is 9.97 Å². The smallest absolute Gasteiger partial charge is 0.307 e. The van der Waals surface area contributed by atoms with Gasteiger partial charge in [-0.2, -0.15) is 0 Å². The quantitative estimate of drug-likeness (QED) is 0.796. The number of imidazole rings is 1. The normalized spacial score (nSPS) is 23.3. The van der Waals surface area contributed by atoms with Crippen LogP contribution in [0.1, 0.15) is 24.6 Å². The molecular formula is C14H14N2O2. The van der Waals surface area contributed by atoms with Crippen LogP contribution in [0.4, 0.5) is 0 Å². The summed E-state index contributed by atoms with van der Waals surface area (Å²) in [6.07, 6.45) is 5.29. The molecule has 0 saturated carbocycles. The molecule has 0 aliphatic heterocycles. The van der Waals surface area contributed by atoms with Gasteiger partial charge < -0.3 is 10.1 Å². The van der Waals surface area contributed by atoms with Crippen LogP contribution in [-0.4, -0.2) is 21.0 Å². The molecule has 1 aromatic heterocycles. The summed E-state index contributed by atoms with van der Waals surface area (Å²) in [5.74, 6) is -0.395. The number of nitrogens with one attached hydrogen (secondary N) is 1. The van der Waals surface area contributed by atoms with Gasteiger partial charge in [-0.15, -0.1) is 0 Å². The number of para-hydroxylation sites is 2. The zero-order valence-electron chi connectivity index (χ0n) is 9.84. The molecule has 0 bridgehead atoms. The van der Waals surface area contributed by atoms with Gasteiger partial charge in [0, 0.05) is 5.92 Å². The molecular weight excluding hydrogens is 228 g/mol. The Morgan fingerprint density at radius 1 is 1.28 bits per heavy atom. The molecule has 4 nitrogen and oxygen atoms in total. The predicted octanol–water partition coefficient (Wildman–Crippen LogP) is 2.70. The highest BCUT2D eigenvalue weighted by Gasteiger charge is 2.31. The second kappa shape index (κ2) is 4.29. The molecule has 1 aromatic carbocycles. The summed E-state index contributed by atoms with van der Waals surface area (Å²) in [7, 11) is 0. The Morgan fingerprint density at radius 2 is 2.06 bits per heavy atom. The SMILES string of the molecule is O=C(O)C1CC=CCC1c1nc2ccccc2[nH]1. The van der Waals surface area contributed by atoms with E-state index < -0.39 is 5.97 Å². The second-order valence-corrected chi connectivity index (χ2v) is 4.63. The van der Waals surface area contributed by atoms with Crippen molar-refractivity contribution in [2.24, 2.45) is 5.92 Å². The average molecular weight is 242 g/mol. The number of hydrogen-bond acceptors (Lipinski definition) is 2. The summed E-state index contributed by atoms with van der Waals surface area (Å²) in [4.78, 5) is 19.0. The van der Waals surface area contributed by atoms with Crippen LogP contribution in [0.25, 0.3) is 11.0 Å². The first-order chi connectivity index (χ1) is 8.75. The lowest BCUT2D eigenvalue weighted by Gasteiger charge is -2.23. The Morgan fingerprint density at radius 3 is 2.83 bits per heavy atom. The van der Waals surface area contributed by atoms with Crippen LogP contribution < -0.4 is 0 Å². The molecule has 18 heavy (non-hydrogen) atoms. The fourth-order valence-electron chi connectivity index (χ4n) is 2.54. The predicted molar refractivity (Wildman–Crippen MR) is 68.3 cm³/mol. The zero-order valence-corrected chi connectivity index (χ0v) is 9.84. The van der Waals surface area contributed by atoms with E-state index in [1.165, 1.54) is 0 Å². The highest BCUT2D eigenvalue weighted by atomic mass is 16.4. The first-order valence-corrected chi connectivity index (χ1v) is 6.08. The van der Waals surface area contributed by atoms with E-state index in [9.17, 15) is 9.90 Å². The summed E-state index contributed by atoms with van der Waals surface area (Å²) in [5.41, 5.74) is 1.86. The lowest BCUT2D eigenvalue weighted by molar-refractivity contribution is -0.142. The molecule has 0 radical (unpaired) electrons. The number of rotatable bonds is 2. The number of carbonyl (C=O) groups is 1. The fraction of sp³-hybridized carbons (Fsp3) is 0.286. The van der Waals surface area contributed by atoms with Crippen LogP contribution in [0.3, 0.4) is 0 Å². The maximum atomic E-state index is 11.3. The standard InChI is InChI=1S/C14H14N2O2/c17-14(18)10-6-2-1-5-9(10)13-15-11-7-3-4-8-12(11)16-13/h1-4,7-10H,5-6H2,(H,15,16)(H,17,18). The number of aromatic amines is 1. The van der Waals surface area contributed by atoms with Crippen LogP contribution in [-0.2, 0) is 4.79 Å². The van der Waals surface area contributed by atoms with Crippen molar-refractivity contribution in [3.05, 3.63) is 42.2 Å². The number of fused-ring (bicyclic) bond motifs is 1. The third-order valence-corrected chi connectivity index (χ3v) is 3.51. The first kappa shape index (κ1) is 11.0. The van der Waals surface area contributed by atoms with Gasteiger partial charge in [-0.3, -0.25) is 4.79 Å². The molecule has 0 spiro atoms. The molecule has 1 aliphatic carbocycles. The van der Waals surface area contributed by atoms with E-state index in [0.717, 1.165) is 23.3 Å². The number of carboxylic acid groups (broad SMARTS) is 1. The van der Waals surface area contributed by atoms with Crippen molar-refractivity contribution < 1.29 is 9.90 Å². The molecule has 3 rings (SSSR count). The Labute approximate surface area is 104 Å². The molecule has 92 valence electrons. The average Bonchev–Trinajstić information content (AvgIpc) is 2.82. The number of aliphatic carboxylic acids is 1. The number of nitrogens with zero attached hydrogens (tertiary/aromatic N) is 1. The van der Waals surface area contributed by atoms with Gasteiger partial charge in [0.05, 0.1) is 17.0 Å². The van der Waals surface area contributed by atoms with Gasteiger partial charge in [-0.25, -0.2) is 4.98 Å². The molecule has 1 heterocycles. The van der Waals surface area contributed by atoms with Crippen LogP contribution in [0.5, 0.6) is 0 Å². The molecule has 1 aliphatic rings. The Bertz CT molecular complexity index is 582. The van der Waals surface area contributed by atoms with Crippen molar-refractivity contribution in [3.8, 4) is 0 Å². The Kier molecular flexibility index (Phi) is 2.63. The van der Waals surface area contributed by atoms with E-state index >= 15 is 0 Å². The summed E-state index contributed by atoms with van der Waals surface area (Å²) >= 11 is 0. The third-order valence-electron chi connectivity index (χ3n) is 3.51. The molecule has 2 aromatic rings. The van der Waals surface area contributed by atoms with Crippen molar-refractivity contribution in [2.45, 2.75) is 18.8 Å². The number of aromatic nitrogens is 2. The van der Waals surface area contributed by atoms with E-state index in [4.69, 9.17) is 0 Å². The third kappa shape index (κ3) is 1.79. The zero-order chi connectivity index (χ0) is 12.5. The summed E-state index contributed by atoms with van der Waals surface area (Å²) in [6.45, 7) is 0. The largest absolute Gasteiger partial charge is 0.481 e. The summed E-state index contributed by atoms with van der Waals surface area (Å²) in [5, 5.41) is 9.27. The fourth-order valence-corrected chi connectivity index (χ4v) is 2.54. The van der Waals surface area contributed by atoms with Crippen LogP contribution in [0.2, 0.25) is 0 Å². The van der Waals surface area contributed by atoms with Gasteiger partial charge in [-0.1, -0.05) is 24.3 Å². The van der Waals surface area contributed by atoms with Crippen molar-refractivity contribution in [3.63, 3.8) is 0 Å². The van der Waals surface area contributed by atoms with E-state index in [-0.39, 0.29) is 11.8 Å². The topological polar surface area (TPSA) is 66.0 Å². The highest BCUT2D eigenvalue weighted by molar-refractivity contribution is 5.76. The monoisotopic (exact) mass is 242 g/mol. The van der Waals surface area contributed by atoms with Crippen LogP contribution >= 0.6 is 0 Å². The molecule has 0 saturated heterocycles. The molecule has 0 amide bonds. The van der Waals surface area contributed by atoms with Crippen molar-refractivity contribution in [1.29, 1.82) is 0 Å². The molecule has 4 heteroatoms. The summed E-state index contributed by atoms with van der Waals surface area (Å²) < 4.78 is 0. The molecule has 2 unspecified atom stereocenters. The van der Waals surface area contributed by atoms with Crippen molar-refractivity contribution in [1.82, 2.24) is 9.97 Å². The van der Waals surface area contributed by atoms with Crippen LogP contribution in [0.15, 0.2) is 36.4 Å². The molecule has 2 atom stereocenters. The Balaban J connectivity index is 2.02. The van der Waals surface area contributed by atoms with Crippen LogP contribution in [0, 0.1) is 5.92 Å². The highest BCUT2D eigenvalue weighted by Crippen LogP contribution is 2.34. The van der Waals surface area contributed by atoms with Gasteiger partial charge >= 0.3 is 5.97 Å². The molecule has 2 N–H and O–H groups in total. The maximum absolute atomic E-state index is 11.3. The molecule has 0 fully saturated rings. The minimum Gasteiger partial charge on any atom is -0.481 e. The van der Waals surface area contributed by atoms with Gasteiger partial charge in [0.25, 0.3) is 0 Å². The minimum atomic E-state index is -0.746. The lowest BCUT2D eigenvalue weighted by Crippen LogP contribution is -2.24. The van der Waals surface area contributed by atoms with Crippen molar-refractivity contribution in [2.75, 3.05) is 0 Å². The number of carboxylic acids is 1. The van der Waals surface area contributed by atoms with Gasteiger partial charge in [0.2, 0.25) is 0 Å². The van der Waals surface area contributed by atoms with Gasteiger partial charge in [0.1, 0.15) is 5.82 Å². The number of hydrogen-bond donors (Lipinski definition) is 2. The second-order valence-electron chi connectivity index (χ2n) is 4.63. The lowest BCUT2D eigenvalue weighted by atomic mass is 9.82. The number of H-pyrrole nitrogens is 1. The summed E-state index contributed by atoms with van der Waals surface area (Å²) in [6, 6.07) is 7.77. The van der Waals surface area contributed by atoms with Gasteiger partial charge in [0.15, 0.2) is 0 Å². The maximum Gasteiger partial charge on any atom is 0.307 e. The Hall–Kier alpha value is -2.10. The van der Waals surface area contributed by atoms with E-state index in [1.54, 1.807) is 0 Å². The van der Waals surface area contributed by atoms with Gasteiger partial charge in [-0.05, 0) is 25.0 Å². The number of benzene rings is 1. The van der Waals surface area contributed by atoms with E-state index in [0.29, 0.717) is 6.42 Å².